The van der Waals surface area contributed by atoms with Crippen molar-refractivity contribution in [1.29, 1.82) is 0 Å². The number of rotatable bonds is 8. The van der Waals surface area contributed by atoms with Gasteiger partial charge in [0, 0.05) is 20.6 Å². The van der Waals surface area contributed by atoms with Gasteiger partial charge in [-0.25, -0.2) is 9.59 Å². The summed E-state index contributed by atoms with van der Waals surface area (Å²) in [7, 11) is 3.00. The van der Waals surface area contributed by atoms with Crippen molar-refractivity contribution in [2.45, 2.75) is 31.8 Å². The average Bonchev–Trinajstić information content (AvgIpc) is 2.32. The van der Waals surface area contributed by atoms with Gasteiger partial charge in [0.25, 0.3) is 0 Å². The highest BCUT2D eigenvalue weighted by Gasteiger charge is 2.24. The van der Waals surface area contributed by atoms with Crippen molar-refractivity contribution < 1.29 is 29.3 Å². The van der Waals surface area contributed by atoms with E-state index in [9.17, 15) is 14.4 Å². The zero-order chi connectivity index (χ0) is 15.0. The third-order valence-corrected chi connectivity index (χ3v) is 2.63. The topological polar surface area (TPSA) is 116 Å². The van der Waals surface area contributed by atoms with Crippen molar-refractivity contribution in [1.82, 2.24) is 10.2 Å². The highest BCUT2D eigenvalue weighted by atomic mass is 16.5. The molecule has 0 rings (SSSR count). The lowest BCUT2D eigenvalue weighted by Gasteiger charge is -2.26. The molecule has 0 aliphatic heterocycles. The van der Waals surface area contributed by atoms with Gasteiger partial charge in [-0.15, -0.1) is 0 Å². The predicted molar refractivity (Wildman–Crippen MR) is 65.9 cm³/mol. The normalized spacial score (nSPS) is 13.4. The molecule has 0 aromatic rings. The number of carbonyl (C=O) groups is 3. The number of aliphatic carboxylic acids is 2. The number of carboxylic acids is 2. The fourth-order valence-electron chi connectivity index (χ4n) is 1.33. The maximum absolute atomic E-state index is 11.8. The summed E-state index contributed by atoms with van der Waals surface area (Å²) in [6, 6.07) is -2.03. The first-order valence-electron chi connectivity index (χ1n) is 5.76. The maximum Gasteiger partial charge on any atom is 0.326 e. The molecular weight excluding hydrogens is 256 g/mol. The third kappa shape index (κ3) is 6.61. The van der Waals surface area contributed by atoms with Crippen LogP contribution < -0.4 is 5.32 Å². The minimum Gasteiger partial charge on any atom is -0.481 e. The Labute approximate surface area is 111 Å². The minimum absolute atomic E-state index is 0.164. The van der Waals surface area contributed by atoms with Gasteiger partial charge in [-0.05, 0) is 13.3 Å². The lowest BCUT2D eigenvalue weighted by molar-refractivity contribution is -0.140. The first-order valence-corrected chi connectivity index (χ1v) is 5.76. The van der Waals surface area contributed by atoms with E-state index in [0.29, 0.717) is 6.61 Å². The molecule has 110 valence electrons. The molecule has 0 bridgehead atoms. The van der Waals surface area contributed by atoms with Crippen LogP contribution in [0.4, 0.5) is 4.79 Å². The van der Waals surface area contributed by atoms with Crippen LogP contribution in [0.2, 0.25) is 0 Å². The van der Waals surface area contributed by atoms with E-state index >= 15 is 0 Å². The molecule has 0 saturated carbocycles. The molecule has 0 fully saturated rings. The van der Waals surface area contributed by atoms with Gasteiger partial charge in [0.1, 0.15) is 6.04 Å². The molecule has 8 nitrogen and oxygen atoms in total. The second-order valence-electron chi connectivity index (χ2n) is 4.19. The molecular formula is C11H20N2O6. The highest BCUT2D eigenvalue weighted by Crippen LogP contribution is 2.02. The molecule has 0 radical (unpaired) electrons. The number of carboxylic acid groups (broad SMARTS) is 2. The van der Waals surface area contributed by atoms with Gasteiger partial charge >= 0.3 is 18.0 Å². The Morgan fingerprint density at radius 2 is 1.89 bits per heavy atom. The van der Waals surface area contributed by atoms with Crippen LogP contribution in [0.1, 0.15) is 19.8 Å². The molecule has 8 heteroatoms. The molecule has 0 aromatic carbocycles. The smallest absolute Gasteiger partial charge is 0.326 e. The molecule has 0 heterocycles. The zero-order valence-electron chi connectivity index (χ0n) is 11.3. The molecule has 0 aliphatic rings. The van der Waals surface area contributed by atoms with Gasteiger partial charge < -0.3 is 25.2 Å². The van der Waals surface area contributed by atoms with E-state index in [2.05, 4.69) is 5.32 Å². The molecule has 2 atom stereocenters. The van der Waals surface area contributed by atoms with Gasteiger partial charge in [0.2, 0.25) is 0 Å². The molecule has 2 unspecified atom stereocenters. The van der Waals surface area contributed by atoms with Crippen LogP contribution >= 0.6 is 0 Å². The first kappa shape index (κ1) is 17.2. The van der Waals surface area contributed by atoms with E-state index in [1.54, 1.807) is 6.92 Å². The van der Waals surface area contributed by atoms with E-state index < -0.39 is 24.0 Å². The number of amides is 2. The van der Waals surface area contributed by atoms with Crippen LogP contribution in [0.15, 0.2) is 0 Å². The Kier molecular flexibility index (Phi) is 7.50. The van der Waals surface area contributed by atoms with Crippen molar-refractivity contribution in [2.24, 2.45) is 0 Å². The van der Waals surface area contributed by atoms with Crippen molar-refractivity contribution in [3.63, 3.8) is 0 Å². The summed E-state index contributed by atoms with van der Waals surface area (Å²) in [5.74, 6) is -2.37. The van der Waals surface area contributed by atoms with Crippen LogP contribution in [-0.4, -0.2) is 65.9 Å². The van der Waals surface area contributed by atoms with E-state index in [1.165, 1.54) is 19.1 Å². The fraction of sp³-hybridized carbons (Fsp3) is 0.727. The third-order valence-electron chi connectivity index (χ3n) is 2.63. The monoisotopic (exact) mass is 276 g/mol. The minimum atomic E-state index is -1.26. The number of nitrogens with one attached hydrogen (secondary N) is 1. The average molecular weight is 276 g/mol. The number of carbonyl (C=O) groups excluding carboxylic acids is 1. The van der Waals surface area contributed by atoms with Gasteiger partial charge in [0.05, 0.1) is 12.6 Å². The number of likely N-dealkylation sites (N-methyl/N-ethyl adjacent to an activating group) is 1. The molecule has 0 aliphatic carbocycles. The Morgan fingerprint density at radius 3 is 2.32 bits per heavy atom. The largest absolute Gasteiger partial charge is 0.481 e. The predicted octanol–water partition coefficient (Wildman–Crippen LogP) is -0.0193. The van der Waals surface area contributed by atoms with E-state index in [-0.39, 0.29) is 18.9 Å². The number of methoxy groups -OCH3 is 1. The lowest BCUT2D eigenvalue weighted by Crippen LogP contribution is -2.50. The highest BCUT2D eigenvalue weighted by molar-refractivity contribution is 5.83. The van der Waals surface area contributed by atoms with Crippen LogP contribution in [0, 0.1) is 0 Å². The van der Waals surface area contributed by atoms with Crippen LogP contribution in [0.5, 0.6) is 0 Å². The Bertz CT molecular complexity index is 333. The number of hydrogen-bond acceptors (Lipinski definition) is 4. The van der Waals surface area contributed by atoms with Gasteiger partial charge in [-0.1, -0.05) is 0 Å². The summed E-state index contributed by atoms with van der Waals surface area (Å²) in [4.78, 5) is 34.4. The second kappa shape index (κ2) is 8.30. The Morgan fingerprint density at radius 1 is 1.32 bits per heavy atom. The summed E-state index contributed by atoms with van der Waals surface area (Å²) in [5.41, 5.74) is 0. The molecule has 19 heavy (non-hydrogen) atoms. The van der Waals surface area contributed by atoms with Crippen LogP contribution in [-0.2, 0) is 14.3 Å². The van der Waals surface area contributed by atoms with Crippen LogP contribution in [0.25, 0.3) is 0 Å². The number of nitrogens with zero attached hydrogens (tertiary/aromatic N) is 1. The van der Waals surface area contributed by atoms with Crippen LogP contribution in [0.3, 0.4) is 0 Å². The number of ether oxygens (including phenoxy) is 1. The molecule has 0 saturated heterocycles. The maximum atomic E-state index is 11.8. The summed E-state index contributed by atoms with van der Waals surface area (Å²) in [5, 5.41) is 19.7. The Hall–Kier alpha value is -1.83. The number of urea groups is 1. The van der Waals surface area contributed by atoms with E-state index in [4.69, 9.17) is 14.9 Å². The van der Waals surface area contributed by atoms with Crippen molar-refractivity contribution in [3.05, 3.63) is 0 Å². The number of hydrogen-bond donors (Lipinski definition) is 3. The van der Waals surface area contributed by atoms with E-state index in [0.717, 1.165) is 0 Å². The summed E-state index contributed by atoms with van der Waals surface area (Å²) >= 11 is 0. The quantitative estimate of drug-likeness (QED) is 0.573. The summed E-state index contributed by atoms with van der Waals surface area (Å²) < 4.78 is 4.89. The van der Waals surface area contributed by atoms with Crippen molar-refractivity contribution >= 4 is 18.0 Å². The SMILES string of the molecule is COCC(C)N(C)C(=O)NC(CCC(=O)O)C(=O)O. The molecule has 0 spiro atoms. The molecule has 3 N–H and O–H groups in total. The zero-order valence-corrected chi connectivity index (χ0v) is 11.3. The molecule has 2 amide bonds. The standard InChI is InChI=1S/C11H20N2O6/c1-7(6-19-3)13(2)11(18)12-8(10(16)17)4-5-9(14)15/h7-8H,4-6H2,1-3H3,(H,12,18)(H,14,15)(H,16,17). The molecule has 0 aromatic heterocycles. The van der Waals surface area contributed by atoms with E-state index in [1.807, 2.05) is 0 Å². The fourth-order valence-corrected chi connectivity index (χ4v) is 1.33. The van der Waals surface area contributed by atoms with Gasteiger partial charge in [-0.2, -0.15) is 0 Å². The van der Waals surface area contributed by atoms with Gasteiger partial charge in [-0.3, -0.25) is 4.79 Å². The summed E-state index contributed by atoms with van der Waals surface area (Å²) in [6.07, 6.45) is -0.489. The summed E-state index contributed by atoms with van der Waals surface area (Å²) in [6.45, 7) is 2.06. The van der Waals surface area contributed by atoms with Crippen molar-refractivity contribution in [2.75, 3.05) is 20.8 Å². The van der Waals surface area contributed by atoms with Crippen molar-refractivity contribution in [3.8, 4) is 0 Å². The van der Waals surface area contributed by atoms with Gasteiger partial charge in [0.15, 0.2) is 0 Å². The first-order chi connectivity index (χ1) is 8.79. The second-order valence-corrected chi connectivity index (χ2v) is 4.19. The lowest BCUT2D eigenvalue weighted by atomic mass is 10.1. The Balaban J connectivity index is 4.45.